The molecule has 6 rings (SSSR count). The number of hydrogen-bond donors (Lipinski definition) is 3. The number of carboxylic acid groups (broad SMARTS) is 1. The Labute approximate surface area is 289 Å². The summed E-state index contributed by atoms with van der Waals surface area (Å²) >= 11 is 6.49. The Bertz CT molecular complexity index is 1620. The number of benzene rings is 1. The fourth-order valence-corrected chi connectivity index (χ4v) is 6.67. The van der Waals surface area contributed by atoms with Crippen LogP contribution in [0.5, 0.6) is 5.75 Å². The fraction of sp³-hybridized carbons (Fsp3) is 0.618. The molecule has 5 atom stereocenters. The van der Waals surface area contributed by atoms with Gasteiger partial charge in [0.2, 0.25) is 17.6 Å². The van der Waals surface area contributed by atoms with Gasteiger partial charge in [0.25, 0.3) is 0 Å². The predicted octanol–water partition coefficient (Wildman–Crippen LogP) is 4.30. The van der Waals surface area contributed by atoms with Crippen LogP contribution in [0, 0.1) is 11.8 Å². The lowest BCUT2D eigenvalue weighted by Gasteiger charge is -2.30. The summed E-state index contributed by atoms with van der Waals surface area (Å²) < 4.78 is 11.3. The molecule has 3 N–H and O–H groups in total. The number of alkyl carbamates (subject to hydrolysis) is 1. The number of aliphatic carboxylic acids is 1. The molecule has 15 heteroatoms. The first-order chi connectivity index (χ1) is 23.3. The Morgan fingerprint density at radius 2 is 1.96 bits per heavy atom. The molecule has 3 heterocycles. The van der Waals surface area contributed by atoms with E-state index in [9.17, 15) is 24.3 Å². The van der Waals surface area contributed by atoms with Crippen molar-refractivity contribution in [3.05, 3.63) is 35.4 Å². The molecule has 1 aromatic carbocycles. The number of nitrogens with one attached hydrogen (secondary N) is 2. The van der Waals surface area contributed by atoms with Crippen molar-refractivity contribution in [1.29, 1.82) is 0 Å². The van der Waals surface area contributed by atoms with Crippen LogP contribution >= 0.6 is 11.6 Å². The van der Waals surface area contributed by atoms with Crippen LogP contribution in [0.1, 0.15) is 84.6 Å². The number of allylic oxidation sites excluding steroid dienone is 1. The lowest BCUT2D eigenvalue weighted by atomic mass is 10.0. The average Bonchev–Trinajstić information content (AvgIpc) is 3.87. The van der Waals surface area contributed by atoms with Crippen LogP contribution in [0.25, 0.3) is 11.4 Å². The van der Waals surface area contributed by atoms with Crippen LogP contribution in [-0.2, 0) is 19.1 Å². The van der Waals surface area contributed by atoms with Gasteiger partial charge >= 0.3 is 12.1 Å². The summed E-state index contributed by atoms with van der Waals surface area (Å²) in [5.74, 6) is -1.07. The summed E-state index contributed by atoms with van der Waals surface area (Å²) in [4.78, 5) is 56.2. The predicted molar refractivity (Wildman–Crippen MR) is 178 cm³/mol. The molecule has 49 heavy (non-hydrogen) atoms. The Balaban J connectivity index is 1.25. The van der Waals surface area contributed by atoms with Gasteiger partial charge in [0.1, 0.15) is 29.0 Å². The van der Waals surface area contributed by atoms with Gasteiger partial charge in [0.05, 0.1) is 17.7 Å². The van der Waals surface area contributed by atoms with Gasteiger partial charge < -0.3 is 30.1 Å². The molecule has 0 radical (unpaired) electrons. The van der Waals surface area contributed by atoms with Gasteiger partial charge in [0, 0.05) is 24.4 Å². The first kappa shape index (κ1) is 34.7. The van der Waals surface area contributed by atoms with Crippen LogP contribution in [0.2, 0.25) is 5.02 Å². The smallest absolute Gasteiger partial charge is 0.408 e. The zero-order chi connectivity index (χ0) is 34.9. The van der Waals surface area contributed by atoms with Crippen molar-refractivity contribution in [1.82, 2.24) is 35.7 Å². The SMILES string of the molecule is CC(C)(C)OC(=O)N[C@H]1CCCCCC=C[C@@H]2C[C@@]2(C(=O)O)NC(=O)[C@@H]2C[C@@H](n3nnc(-c4ccc(OCC5CC5)c(Cl)c4)n3)CN2C1=O. The lowest BCUT2D eigenvalue weighted by molar-refractivity contribution is -0.145. The van der Waals surface area contributed by atoms with E-state index >= 15 is 0 Å². The van der Waals surface area contributed by atoms with Gasteiger partial charge in [-0.1, -0.05) is 36.6 Å². The van der Waals surface area contributed by atoms with E-state index in [4.69, 9.17) is 21.1 Å². The second-order valence-electron chi connectivity index (χ2n) is 14.6. The zero-order valence-corrected chi connectivity index (χ0v) is 28.8. The maximum atomic E-state index is 14.2. The van der Waals surface area contributed by atoms with Crippen molar-refractivity contribution in [3.8, 4) is 17.1 Å². The van der Waals surface area contributed by atoms with E-state index in [0.717, 1.165) is 32.1 Å². The molecule has 2 aliphatic heterocycles. The van der Waals surface area contributed by atoms with Gasteiger partial charge in [-0.3, -0.25) is 9.59 Å². The van der Waals surface area contributed by atoms with Gasteiger partial charge in [-0.05, 0) is 88.6 Å². The van der Waals surface area contributed by atoms with Crippen molar-refractivity contribution in [2.75, 3.05) is 13.2 Å². The molecule has 0 spiro atoms. The van der Waals surface area contributed by atoms with E-state index in [0.29, 0.717) is 47.5 Å². The topological polar surface area (TPSA) is 178 Å². The third-order valence-electron chi connectivity index (χ3n) is 9.44. The van der Waals surface area contributed by atoms with Crippen molar-refractivity contribution < 1.29 is 33.8 Å². The fourth-order valence-electron chi connectivity index (χ4n) is 6.44. The van der Waals surface area contributed by atoms with Gasteiger partial charge in [-0.25, -0.2) is 9.59 Å². The molecule has 0 bridgehead atoms. The summed E-state index contributed by atoms with van der Waals surface area (Å²) in [6.45, 7) is 5.86. The number of carbonyl (C=O) groups is 4. The van der Waals surface area contributed by atoms with Crippen LogP contribution in [0.4, 0.5) is 4.79 Å². The monoisotopic (exact) mass is 697 g/mol. The van der Waals surface area contributed by atoms with E-state index in [1.807, 2.05) is 12.2 Å². The number of amides is 3. The highest BCUT2D eigenvalue weighted by Crippen LogP contribution is 2.45. The summed E-state index contributed by atoms with van der Waals surface area (Å²) in [6, 6.07) is 2.71. The quantitative estimate of drug-likeness (QED) is 0.354. The molecule has 3 amide bonds. The number of rotatable bonds is 7. The number of nitrogens with zero attached hydrogens (tertiary/aromatic N) is 5. The first-order valence-corrected chi connectivity index (χ1v) is 17.4. The van der Waals surface area contributed by atoms with E-state index < -0.39 is 53.1 Å². The molecule has 2 saturated carbocycles. The normalized spacial score (nSPS) is 27.6. The summed E-state index contributed by atoms with van der Waals surface area (Å²) in [7, 11) is 0. The van der Waals surface area contributed by atoms with E-state index in [2.05, 4.69) is 26.0 Å². The number of aromatic nitrogens is 4. The number of tetrazole rings is 1. The van der Waals surface area contributed by atoms with Gasteiger partial charge in [0.15, 0.2) is 0 Å². The summed E-state index contributed by atoms with van der Waals surface area (Å²) in [5.41, 5.74) is -1.60. The van der Waals surface area contributed by atoms with Crippen LogP contribution in [0.3, 0.4) is 0 Å². The largest absolute Gasteiger partial charge is 0.492 e. The number of halogens is 1. The molecule has 0 unspecified atom stereocenters. The standard InChI is InChI=1S/C34H44ClN7O7/c1-33(2,3)49-32(47)36-25-10-8-6-4-5-7-9-22-17-34(22,31(45)46)37-29(43)26-16-23(18-41(26)30(25)44)42-39-28(38-40-42)21-13-14-27(24(35)15-21)48-19-20-11-12-20/h7,9,13-15,20,22-23,25-26H,4-6,8,10-12,16-19H2,1-3H3,(H,36,47)(H,37,43)(H,45,46)/t22-,23-,25+,26+,34-/m1/s1. The Hall–Kier alpha value is -4.20. The van der Waals surface area contributed by atoms with Crippen molar-refractivity contribution in [2.24, 2.45) is 11.8 Å². The highest BCUT2D eigenvalue weighted by Gasteiger charge is 2.61. The molecule has 1 saturated heterocycles. The molecule has 2 aromatic rings. The molecule has 4 aliphatic rings. The van der Waals surface area contributed by atoms with Crippen molar-refractivity contribution >= 4 is 35.5 Å². The number of ether oxygens (including phenoxy) is 2. The second kappa shape index (κ2) is 14.0. The van der Waals surface area contributed by atoms with E-state index in [-0.39, 0.29) is 25.3 Å². The number of hydrogen-bond acceptors (Lipinski definition) is 9. The highest BCUT2D eigenvalue weighted by molar-refractivity contribution is 6.32. The second-order valence-corrected chi connectivity index (χ2v) is 15.0. The zero-order valence-electron chi connectivity index (χ0n) is 28.1. The molecular formula is C34H44ClN7O7. The maximum Gasteiger partial charge on any atom is 0.408 e. The molecule has 14 nitrogen and oxygen atoms in total. The third kappa shape index (κ3) is 8.17. The third-order valence-corrected chi connectivity index (χ3v) is 9.74. The maximum absolute atomic E-state index is 14.2. The Morgan fingerprint density at radius 3 is 2.67 bits per heavy atom. The van der Waals surface area contributed by atoms with E-state index in [1.165, 1.54) is 9.70 Å². The minimum atomic E-state index is -1.44. The molecule has 3 fully saturated rings. The van der Waals surface area contributed by atoms with Crippen LogP contribution < -0.4 is 15.4 Å². The summed E-state index contributed by atoms with van der Waals surface area (Å²) in [6.07, 6.45) is 9.13. The number of carboxylic acids is 1. The van der Waals surface area contributed by atoms with Crippen molar-refractivity contribution in [2.45, 2.75) is 108 Å². The highest BCUT2D eigenvalue weighted by atomic mass is 35.5. The number of carbonyl (C=O) groups excluding carboxylic acids is 3. The minimum Gasteiger partial charge on any atom is -0.492 e. The molecule has 264 valence electrons. The average molecular weight is 698 g/mol. The Kier molecular flexibility index (Phi) is 9.88. The van der Waals surface area contributed by atoms with Crippen LogP contribution in [0.15, 0.2) is 30.4 Å². The number of fused-ring (bicyclic) bond motifs is 2. The van der Waals surface area contributed by atoms with Crippen molar-refractivity contribution in [3.63, 3.8) is 0 Å². The first-order valence-electron chi connectivity index (χ1n) is 17.1. The lowest BCUT2D eigenvalue weighted by Crippen LogP contribution is -2.56. The minimum absolute atomic E-state index is 0.0390. The van der Waals surface area contributed by atoms with Gasteiger partial charge in [-0.15, -0.1) is 10.2 Å². The van der Waals surface area contributed by atoms with Crippen LogP contribution in [-0.4, -0.2) is 90.5 Å². The van der Waals surface area contributed by atoms with E-state index in [1.54, 1.807) is 39.0 Å². The Morgan fingerprint density at radius 1 is 1.16 bits per heavy atom. The summed E-state index contributed by atoms with van der Waals surface area (Å²) in [5, 5.41) is 29.1. The molecular weight excluding hydrogens is 654 g/mol. The van der Waals surface area contributed by atoms with Gasteiger partial charge in [-0.2, -0.15) is 4.80 Å². The molecule has 2 aliphatic carbocycles. The molecule has 1 aromatic heterocycles.